The molecule has 2 rings (SSSR count). The third-order valence-corrected chi connectivity index (χ3v) is 4.63. The van der Waals surface area contributed by atoms with Gasteiger partial charge in [-0.3, -0.25) is 0 Å². The summed E-state index contributed by atoms with van der Waals surface area (Å²) in [7, 11) is 1.75. The van der Waals surface area contributed by atoms with Crippen LogP contribution < -0.4 is 10.1 Å². The highest BCUT2D eigenvalue weighted by molar-refractivity contribution is 5.35. The van der Waals surface area contributed by atoms with E-state index in [2.05, 4.69) is 36.5 Å². The van der Waals surface area contributed by atoms with Gasteiger partial charge in [0.1, 0.15) is 5.75 Å². The molecule has 2 unspecified atom stereocenters. The van der Waals surface area contributed by atoms with Crippen molar-refractivity contribution in [1.82, 2.24) is 5.32 Å². The molecule has 0 bridgehead atoms. The molecule has 0 amide bonds. The molecule has 3 nitrogen and oxygen atoms in total. The van der Waals surface area contributed by atoms with E-state index in [-0.39, 0.29) is 0 Å². The molecular weight excluding hydrogens is 250 g/mol. The molecule has 20 heavy (non-hydrogen) atoms. The van der Waals surface area contributed by atoms with Gasteiger partial charge in [0.15, 0.2) is 0 Å². The molecule has 1 aliphatic rings. The predicted octanol–water partition coefficient (Wildman–Crippen LogP) is 2.99. The standard InChI is InChI=1S/C17H27NO2/c1-4-20-16-7-5-15(6-8-16)17(10-9-14(17)2)13-18-11-12-19-3/h5-8,14,18H,4,9-13H2,1-3H3. The SMILES string of the molecule is CCOc1ccc(C2(CNCCOC)CCC2C)cc1. The van der Waals surface area contributed by atoms with Gasteiger partial charge in [0, 0.05) is 25.6 Å². The van der Waals surface area contributed by atoms with E-state index in [9.17, 15) is 0 Å². The summed E-state index contributed by atoms with van der Waals surface area (Å²) in [4.78, 5) is 0. The van der Waals surface area contributed by atoms with E-state index < -0.39 is 0 Å². The molecule has 3 heteroatoms. The second-order valence-corrected chi connectivity index (χ2v) is 5.72. The van der Waals surface area contributed by atoms with E-state index in [4.69, 9.17) is 9.47 Å². The largest absolute Gasteiger partial charge is 0.494 e. The third-order valence-electron chi connectivity index (χ3n) is 4.63. The Bertz CT molecular complexity index is 404. The first kappa shape index (κ1) is 15.3. The number of hydrogen-bond donors (Lipinski definition) is 1. The molecule has 2 atom stereocenters. The monoisotopic (exact) mass is 277 g/mol. The van der Waals surface area contributed by atoms with Crippen molar-refractivity contribution in [1.29, 1.82) is 0 Å². The summed E-state index contributed by atoms with van der Waals surface area (Å²) in [6.07, 6.45) is 2.58. The number of benzene rings is 1. The van der Waals surface area contributed by atoms with E-state index >= 15 is 0 Å². The van der Waals surface area contributed by atoms with Gasteiger partial charge in [-0.05, 0) is 43.4 Å². The van der Waals surface area contributed by atoms with Crippen LogP contribution in [-0.2, 0) is 10.2 Å². The molecule has 1 N–H and O–H groups in total. The van der Waals surface area contributed by atoms with Crippen LogP contribution in [0.2, 0.25) is 0 Å². The minimum absolute atomic E-state index is 0.290. The molecule has 1 saturated carbocycles. The van der Waals surface area contributed by atoms with Gasteiger partial charge in [-0.25, -0.2) is 0 Å². The Morgan fingerprint density at radius 2 is 2.05 bits per heavy atom. The third kappa shape index (κ3) is 3.15. The number of ether oxygens (including phenoxy) is 2. The first-order valence-corrected chi connectivity index (χ1v) is 7.66. The Kier molecular flexibility index (Phi) is 5.44. The van der Waals surface area contributed by atoms with E-state index in [1.807, 2.05) is 6.92 Å². The smallest absolute Gasteiger partial charge is 0.119 e. The second kappa shape index (κ2) is 7.09. The summed E-state index contributed by atoms with van der Waals surface area (Å²) in [6.45, 7) is 7.82. The highest BCUT2D eigenvalue weighted by Crippen LogP contribution is 2.48. The van der Waals surface area contributed by atoms with Crippen LogP contribution in [0.1, 0.15) is 32.3 Å². The minimum Gasteiger partial charge on any atom is -0.494 e. The molecular formula is C17H27NO2. The highest BCUT2D eigenvalue weighted by Gasteiger charge is 2.44. The fraction of sp³-hybridized carbons (Fsp3) is 0.647. The number of hydrogen-bond acceptors (Lipinski definition) is 3. The average Bonchev–Trinajstić information content (AvgIpc) is 2.47. The van der Waals surface area contributed by atoms with Gasteiger partial charge in [0.05, 0.1) is 13.2 Å². The van der Waals surface area contributed by atoms with Gasteiger partial charge in [-0.1, -0.05) is 19.1 Å². The summed E-state index contributed by atoms with van der Waals surface area (Å²) >= 11 is 0. The van der Waals surface area contributed by atoms with Crippen LogP contribution in [0.3, 0.4) is 0 Å². The summed E-state index contributed by atoms with van der Waals surface area (Å²) in [6, 6.07) is 8.67. The van der Waals surface area contributed by atoms with Crippen LogP contribution in [0.25, 0.3) is 0 Å². The van der Waals surface area contributed by atoms with E-state index in [0.717, 1.165) is 38.0 Å². The van der Waals surface area contributed by atoms with Gasteiger partial charge in [0.2, 0.25) is 0 Å². The van der Waals surface area contributed by atoms with Crippen molar-refractivity contribution in [2.24, 2.45) is 5.92 Å². The highest BCUT2D eigenvalue weighted by atomic mass is 16.5. The lowest BCUT2D eigenvalue weighted by atomic mass is 9.57. The molecule has 0 aliphatic heterocycles. The molecule has 1 aliphatic carbocycles. The zero-order valence-electron chi connectivity index (χ0n) is 12.9. The van der Waals surface area contributed by atoms with Crippen LogP contribution >= 0.6 is 0 Å². The number of nitrogens with one attached hydrogen (secondary N) is 1. The van der Waals surface area contributed by atoms with Gasteiger partial charge >= 0.3 is 0 Å². The fourth-order valence-electron chi connectivity index (χ4n) is 3.11. The molecule has 1 aromatic carbocycles. The Morgan fingerprint density at radius 3 is 2.55 bits per heavy atom. The topological polar surface area (TPSA) is 30.5 Å². The number of methoxy groups -OCH3 is 1. The Hall–Kier alpha value is -1.06. The summed E-state index contributed by atoms with van der Waals surface area (Å²) in [5, 5.41) is 3.54. The zero-order chi connectivity index (χ0) is 14.4. The summed E-state index contributed by atoms with van der Waals surface area (Å²) < 4.78 is 10.6. The maximum Gasteiger partial charge on any atom is 0.119 e. The normalized spacial score (nSPS) is 25.2. The lowest BCUT2D eigenvalue weighted by Gasteiger charge is -2.49. The molecule has 112 valence electrons. The van der Waals surface area contributed by atoms with Crippen LogP contribution in [0.4, 0.5) is 0 Å². The Labute approximate surface area is 122 Å². The predicted molar refractivity (Wildman–Crippen MR) is 82.4 cm³/mol. The second-order valence-electron chi connectivity index (χ2n) is 5.72. The van der Waals surface area contributed by atoms with Crippen molar-refractivity contribution in [3.05, 3.63) is 29.8 Å². The van der Waals surface area contributed by atoms with Crippen LogP contribution in [-0.4, -0.2) is 33.4 Å². The maximum atomic E-state index is 5.53. The lowest BCUT2D eigenvalue weighted by Crippen LogP contribution is -2.50. The summed E-state index contributed by atoms with van der Waals surface area (Å²) in [5.41, 5.74) is 1.72. The molecule has 0 aromatic heterocycles. The van der Waals surface area contributed by atoms with Crippen molar-refractivity contribution in [3.8, 4) is 5.75 Å². The van der Waals surface area contributed by atoms with Crippen molar-refractivity contribution in [2.75, 3.05) is 33.4 Å². The molecule has 0 radical (unpaired) electrons. The zero-order valence-corrected chi connectivity index (χ0v) is 12.9. The van der Waals surface area contributed by atoms with Gasteiger partial charge in [-0.2, -0.15) is 0 Å². The van der Waals surface area contributed by atoms with Crippen LogP contribution in [0.15, 0.2) is 24.3 Å². The first-order valence-electron chi connectivity index (χ1n) is 7.66. The van der Waals surface area contributed by atoms with Crippen molar-refractivity contribution in [3.63, 3.8) is 0 Å². The van der Waals surface area contributed by atoms with E-state index in [1.165, 1.54) is 18.4 Å². The van der Waals surface area contributed by atoms with Crippen molar-refractivity contribution < 1.29 is 9.47 Å². The maximum absolute atomic E-state index is 5.53. The Morgan fingerprint density at radius 1 is 1.30 bits per heavy atom. The lowest BCUT2D eigenvalue weighted by molar-refractivity contribution is 0.127. The number of rotatable bonds is 8. The Balaban J connectivity index is 2.04. The van der Waals surface area contributed by atoms with Crippen LogP contribution in [0.5, 0.6) is 5.75 Å². The fourth-order valence-corrected chi connectivity index (χ4v) is 3.11. The average molecular weight is 277 g/mol. The quantitative estimate of drug-likeness (QED) is 0.741. The van der Waals surface area contributed by atoms with E-state index in [1.54, 1.807) is 7.11 Å². The molecule has 0 saturated heterocycles. The molecule has 1 aromatic rings. The molecule has 0 heterocycles. The first-order chi connectivity index (χ1) is 9.73. The van der Waals surface area contributed by atoms with Gasteiger partial charge in [-0.15, -0.1) is 0 Å². The minimum atomic E-state index is 0.290. The van der Waals surface area contributed by atoms with Gasteiger partial charge in [0.25, 0.3) is 0 Å². The van der Waals surface area contributed by atoms with Gasteiger partial charge < -0.3 is 14.8 Å². The summed E-state index contributed by atoms with van der Waals surface area (Å²) in [5.74, 6) is 1.70. The van der Waals surface area contributed by atoms with Crippen molar-refractivity contribution in [2.45, 2.75) is 32.1 Å². The van der Waals surface area contributed by atoms with Crippen molar-refractivity contribution >= 4 is 0 Å². The van der Waals surface area contributed by atoms with E-state index in [0.29, 0.717) is 5.41 Å². The molecule has 1 fully saturated rings. The van der Waals surface area contributed by atoms with Crippen LogP contribution in [0, 0.1) is 5.92 Å². The molecule has 0 spiro atoms.